The normalized spacial score (nSPS) is 19.5. The van der Waals surface area contributed by atoms with Crippen LogP contribution in [0.1, 0.15) is 36.7 Å². The SMILES string of the molecule is CCCc1noc(CN2CCO[C@@H](c3ccc(F)cc3)C2)n1. The van der Waals surface area contributed by atoms with Gasteiger partial charge in [0, 0.05) is 19.5 Å². The van der Waals surface area contributed by atoms with Crippen molar-refractivity contribution in [2.75, 3.05) is 19.7 Å². The first kappa shape index (κ1) is 15.1. The summed E-state index contributed by atoms with van der Waals surface area (Å²) in [5, 5.41) is 3.97. The predicted octanol–water partition coefficient (Wildman–Crippen LogP) is 2.73. The fraction of sp³-hybridized carbons (Fsp3) is 0.500. The maximum atomic E-state index is 13.0. The molecule has 1 aromatic heterocycles. The molecule has 0 aliphatic carbocycles. The number of nitrogens with zero attached hydrogens (tertiary/aromatic N) is 3. The summed E-state index contributed by atoms with van der Waals surface area (Å²) >= 11 is 0. The predicted molar refractivity (Wildman–Crippen MR) is 78.7 cm³/mol. The molecule has 0 unspecified atom stereocenters. The molecule has 6 heteroatoms. The van der Waals surface area contributed by atoms with Gasteiger partial charge in [-0.25, -0.2) is 4.39 Å². The molecule has 1 aromatic carbocycles. The highest BCUT2D eigenvalue weighted by atomic mass is 19.1. The van der Waals surface area contributed by atoms with E-state index in [1.165, 1.54) is 12.1 Å². The third-order valence-corrected chi connectivity index (χ3v) is 3.73. The smallest absolute Gasteiger partial charge is 0.240 e. The summed E-state index contributed by atoms with van der Waals surface area (Å²) in [6.07, 6.45) is 1.79. The highest BCUT2D eigenvalue weighted by Gasteiger charge is 2.23. The van der Waals surface area contributed by atoms with Crippen molar-refractivity contribution in [3.8, 4) is 0 Å². The van der Waals surface area contributed by atoms with E-state index in [-0.39, 0.29) is 11.9 Å². The van der Waals surface area contributed by atoms with Crippen LogP contribution in [-0.4, -0.2) is 34.7 Å². The molecule has 0 spiro atoms. The van der Waals surface area contributed by atoms with Gasteiger partial charge in [-0.3, -0.25) is 4.90 Å². The quantitative estimate of drug-likeness (QED) is 0.850. The van der Waals surface area contributed by atoms with Crippen LogP contribution in [0.3, 0.4) is 0 Å². The molecule has 0 N–H and O–H groups in total. The second kappa shape index (κ2) is 6.98. The molecule has 118 valence electrons. The lowest BCUT2D eigenvalue weighted by atomic mass is 10.1. The summed E-state index contributed by atoms with van der Waals surface area (Å²) in [4.78, 5) is 6.62. The van der Waals surface area contributed by atoms with Crippen LogP contribution in [0, 0.1) is 5.82 Å². The first-order chi connectivity index (χ1) is 10.7. The minimum absolute atomic E-state index is 0.0487. The van der Waals surface area contributed by atoms with Gasteiger partial charge in [-0.2, -0.15) is 4.98 Å². The van der Waals surface area contributed by atoms with Crippen LogP contribution in [0.4, 0.5) is 4.39 Å². The first-order valence-corrected chi connectivity index (χ1v) is 7.65. The van der Waals surface area contributed by atoms with Crippen molar-refractivity contribution in [3.63, 3.8) is 0 Å². The largest absolute Gasteiger partial charge is 0.371 e. The number of halogens is 1. The van der Waals surface area contributed by atoms with Gasteiger partial charge in [0.25, 0.3) is 0 Å². The van der Waals surface area contributed by atoms with Gasteiger partial charge in [-0.15, -0.1) is 0 Å². The van der Waals surface area contributed by atoms with Crippen molar-refractivity contribution in [2.45, 2.75) is 32.4 Å². The summed E-state index contributed by atoms with van der Waals surface area (Å²) in [6.45, 7) is 4.90. The van der Waals surface area contributed by atoms with Crippen LogP contribution in [0.25, 0.3) is 0 Å². The highest BCUT2D eigenvalue weighted by Crippen LogP contribution is 2.23. The Labute approximate surface area is 129 Å². The molecule has 3 rings (SSSR count). The molecule has 5 nitrogen and oxygen atoms in total. The Morgan fingerprint density at radius 2 is 2.14 bits per heavy atom. The van der Waals surface area contributed by atoms with E-state index in [0.29, 0.717) is 19.0 Å². The maximum absolute atomic E-state index is 13.0. The number of benzene rings is 1. The number of rotatable bonds is 5. The van der Waals surface area contributed by atoms with Crippen molar-refractivity contribution < 1.29 is 13.7 Å². The first-order valence-electron chi connectivity index (χ1n) is 7.65. The monoisotopic (exact) mass is 305 g/mol. The average molecular weight is 305 g/mol. The van der Waals surface area contributed by atoms with Gasteiger partial charge in [-0.05, 0) is 24.1 Å². The molecule has 22 heavy (non-hydrogen) atoms. The number of hydrogen-bond donors (Lipinski definition) is 0. The van der Waals surface area contributed by atoms with Crippen LogP contribution in [0.5, 0.6) is 0 Å². The Morgan fingerprint density at radius 3 is 2.91 bits per heavy atom. The number of aryl methyl sites for hydroxylation is 1. The molecule has 1 atom stereocenters. The molecule has 0 saturated carbocycles. The van der Waals surface area contributed by atoms with Crippen LogP contribution in [-0.2, 0) is 17.7 Å². The second-order valence-corrected chi connectivity index (χ2v) is 5.50. The van der Waals surface area contributed by atoms with Crippen LogP contribution < -0.4 is 0 Å². The van der Waals surface area contributed by atoms with Crippen LogP contribution in [0.2, 0.25) is 0 Å². The van der Waals surface area contributed by atoms with E-state index in [2.05, 4.69) is 22.0 Å². The Balaban J connectivity index is 1.61. The summed E-state index contributed by atoms with van der Waals surface area (Å²) in [6, 6.07) is 6.48. The van der Waals surface area contributed by atoms with Gasteiger partial charge in [0.05, 0.1) is 19.3 Å². The summed E-state index contributed by atoms with van der Waals surface area (Å²) < 4.78 is 24.1. The average Bonchev–Trinajstić information content (AvgIpc) is 2.96. The molecule has 2 aromatic rings. The topological polar surface area (TPSA) is 51.4 Å². The molecule has 2 heterocycles. The zero-order valence-electron chi connectivity index (χ0n) is 12.7. The van der Waals surface area contributed by atoms with Gasteiger partial charge >= 0.3 is 0 Å². The fourth-order valence-electron chi connectivity index (χ4n) is 2.60. The van der Waals surface area contributed by atoms with Crippen LogP contribution >= 0.6 is 0 Å². The molecule has 0 amide bonds. The van der Waals surface area contributed by atoms with E-state index in [0.717, 1.165) is 37.3 Å². The van der Waals surface area contributed by atoms with Crippen molar-refractivity contribution in [1.82, 2.24) is 15.0 Å². The minimum Gasteiger partial charge on any atom is -0.371 e. The summed E-state index contributed by atoms with van der Waals surface area (Å²) in [5.74, 6) is 1.18. The van der Waals surface area contributed by atoms with Gasteiger partial charge in [0.1, 0.15) is 5.82 Å². The lowest BCUT2D eigenvalue weighted by Crippen LogP contribution is -2.37. The molecule has 1 fully saturated rings. The summed E-state index contributed by atoms with van der Waals surface area (Å²) in [7, 11) is 0. The Morgan fingerprint density at radius 1 is 1.32 bits per heavy atom. The van der Waals surface area contributed by atoms with Gasteiger partial charge in [0.2, 0.25) is 5.89 Å². The molecule has 1 saturated heterocycles. The number of morpholine rings is 1. The van der Waals surface area contributed by atoms with Crippen molar-refractivity contribution >= 4 is 0 Å². The molecular formula is C16H20FN3O2. The molecular weight excluding hydrogens is 285 g/mol. The van der Waals surface area contributed by atoms with Gasteiger partial charge < -0.3 is 9.26 Å². The molecule has 0 bridgehead atoms. The van der Waals surface area contributed by atoms with Crippen molar-refractivity contribution in [1.29, 1.82) is 0 Å². The van der Waals surface area contributed by atoms with Crippen molar-refractivity contribution in [3.05, 3.63) is 47.4 Å². The molecule has 1 aliphatic rings. The summed E-state index contributed by atoms with van der Waals surface area (Å²) in [5.41, 5.74) is 0.989. The van der Waals surface area contributed by atoms with E-state index in [1.54, 1.807) is 12.1 Å². The van der Waals surface area contributed by atoms with Gasteiger partial charge in [0.15, 0.2) is 5.82 Å². The van der Waals surface area contributed by atoms with Gasteiger partial charge in [-0.1, -0.05) is 24.2 Å². The van der Waals surface area contributed by atoms with E-state index in [9.17, 15) is 4.39 Å². The maximum Gasteiger partial charge on any atom is 0.240 e. The zero-order valence-corrected chi connectivity index (χ0v) is 12.7. The fourth-order valence-corrected chi connectivity index (χ4v) is 2.60. The standard InChI is InChI=1S/C16H20FN3O2/c1-2-3-15-18-16(22-19-15)11-20-8-9-21-14(10-20)12-4-6-13(17)7-5-12/h4-7,14H,2-3,8-11H2,1H3/t14-/m1/s1. The zero-order chi connectivity index (χ0) is 15.4. The van der Waals surface area contributed by atoms with E-state index < -0.39 is 0 Å². The second-order valence-electron chi connectivity index (χ2n) is 5.50. The lowest BCUT2D eigenvalue weighted by Gasteiger charge is -2.32. The minimum atomic E-state index is -0.231. The van der Waals surface area contributed by atoms with E-state index in [4.69, 9.17) is 9.26 Å². The number of hydrogen-bond acceptors (Lipinski definition) is 5. The number of aromatic nitrogens is 2. The Bertz CT molecular complexity index is 600. The van der Waals surface area contributed by atoms with E-state index >= 15 is 0 Å². The van der Waals surface area contributed by atoms with E-state index in [1.807, 2.05) is 0 Å². The molecule has 1 aliphatic heterocycles. The Hall–Kier alpha value is -1.79. The molecule has 0 radical (unpaired) electrons. The third-order valence-electron chi connectivity index (χ3n) is 3.73. The highest BCUT2D eigenvalue weighted by molar-refractivity contribution is 5.19. The van der Waals surface area contributed by atoms with Crippen molar-refractivity contribution in [2.24, 2.45) is 0 Å². The lowest BCUT2D eigenvalue weighted by molar-refractivity contribution is -0.0356. The van der Waals surface area contributed by atoms with Crippen LogP contribution in [0.15, 0.2) is 28.8 Å². The number of ether oxygens (including phenoxy) is 1. The third kappa shape index (κ3) is 3.69. The Kier molecular flexibility index (Phi) is 4.80.